The number of methoxy groups -OCH3 is 1. The van der Waals surface area contributed by atoms with Gasteiger partial charge in [-0.15, -0.1) is 0 Å². The Kier molecular flexibility index (Phi) is 8.47. The smallest absolute Gasteiger partial charge is 0.262 e. The zero-order valence-electron chi connectivity index (χ0n) is 32.8. The molecule has 11 rings (SSSR count). The number of imide groups is 2. The van der Waals surface area contributed by atoms with E-state index in [2.05, 4.69) is 83.5 Å². The van der Waals surface area contributed by atoms with E-state index in [1.54, 1.807) is 19.2 Å². The Balaban J connectivity index is 0.690. The molecule has 14 heteroatoms. The lowest BCUT2D eigenvalue weighted by molar-refractivity contribution is -0.136. The minimum Gasteiger partial charge on any atom is -0.494 e. The SMILES string of the molecule is COc1cc(N2CC3CN(CC4CN(c5ccc6c(c5)C(=O)N(C5CCC(=O)NC5=O)C6=O)C4)CC3C2)ccc1Nc1nccc(-c2cn(C3CC3)c3ccccc23)n1. The monoisotopic (exact) mass is 791 g/mol. The van der Waals surface area contributed by atoms with Gasteiger partial charge >= 0.3 is 0 Å². The number of fused-ring (bicyclic) bond motifs is 3. The van der Waals surface area contributed by atoms with Gasteiger partial charge in [-0.05, 0) is 73.6 Å². The summed E-state index contributed by atoms with van der Waals surface area (Å²) in [5.41, 5.74) is 6.77. The van der Waals surface area contributed by atoms with Crippen molar-refractivity contribution in [3.8, 4) is 17.0 Å². The summed E-state index contributed by atoms with van der Waals surface area (Å²) in [4.78, 5) is 68.4. The molecular weight excluding hydrogens is 747 g/mol. The first kappa shape index (κ1) is 35.8. The standard InChI is InChI=1S/C45H45N9O5/c1-59-40-17-31(9-11-37(40)48-45-46-15-14-36(47-45)35-25-53(29-6-7-29)38-5-3-2-4-32(35)38)52-23-27-21-50(22-28(27)24-52)18-26-19-51(20-26)30-8-10-33-34(16-30)44(58)54(43(33)57)39-12-13-41(55)49-42(39)56/h2-5,8-11,14-17,25-29,39H,6-7,12-13,18-24H2,1H3,(H,46,47,48)(H,49,55,56). The number of piperidine rings is 1. The molecule has 7 heterocycles. The van der Waals surface area contributed by atoms with Crippen LogP contribution in [0, 0.1) is 17.8 Å². The van der Waals surface area contributed by atoms with E-state index in [-0.39, 0.29) is 18.7 Å². The number of likely N-dealkylation sites (tertiary alicyclic amines) is 1. The molecule has 5 aromatic rings. The van der Waals surface area contributed by atoms with E-state index < -0.39 is 23.8 Å². The molecule has 4 amide bonds. The number of anilines is 4. The number of carbonyl (C=O) groups excluding carboxylic acids is 4. The molecule has 59 heavy (non-hydrogen) atoms. The predicted octanol–water partition coefficient (Wildman–Crippen LogP) is 5.09. The van der Waals surface area contributed by atoms with Crippen molar-refractivity contribution in [2.24, 2.45) is 17.8 Å². The second-order valence-electron chi connectivity index (χ2n) is 17.1. The van der Waals surface area contributed by atoms with E-state index in [0.29, 0.717) is 40.9 Å². The van der Waals surface area contributed by atoms with Gasteiger partial charge in [-0.3, -0.25) is 29.4 Å². The molecule has 0 radical (unpaired) electrons. The molecule has 1 saturated carbocycles. The molecule has 4 saturated heterocycles. The third-order valence-corrected chi connectivity index (χ3v) is 13.2. The fraction of sp³-hybridized carbons (Fsp3) is 0.378. The number of ether oxygens (including phenoxy) is 1. The Morgan fingerprint density at radius 3 is 2.32 bits per heavy atom. The van der Waals surface area contributed by atoms with Crippen LogP contribution >= 0.6 is 0 Å². The first-order valence-corrected chi connectivity index (χ1v) is 20.7. The quantitative estimate of drug-likeness (QED) is 0.183. The molecule has 3 aromatic carbocycles. The van der Waals surface area contributed by atoms with Gasteiger partial charge in [-0.25, -0.2) is 9.97 Å². The lowest BCUT2D eigenvalue weighted by atomic mass is 9.97. The topological polar surface area (TPSA) is 145 Å². The summed E-state index contributed by atoms with van der Waals surface area (Å²) in [5, 5.41) is 6.88. The number of hydrogen-bond donors (Lipinski definition) is 2. The van der Waals surface area contributed by atoms with Crippen LogP contribution in [0.4, 0.5) is 23.0 Å². The maximum absolute atomic E-state index is 13.3. The van der Waals surface area contributed by atoms with Crippen molar-refractivity contribution in [3.63, 3.8) is 0 Å². The molecule has 14 nitrogen and oxygen atoms in total. The van der Waals surface area contributed by atoms with Gasteiger partial charge in [0, 0.05) is 110 Å². The van der Waals surface area contributed by atoms with Crippen molar-refractivity contribution in [2.45, 2.75) is 37.8 Å². The number of amides is 4. The van der Waals surface area contributed by atoms with Gasteiger partial charge in [0.25, 0.3) is 11.8 Å². The molecular formula is C45H45N9O5. The van der Waals surface area contributed by atoms with Crippen LogP contribution in [0.2, 0.25) is 0 Å². The van der Waals surface area contributed by atoms with Crippen molar-refractivity contribution >= 4 is 57.5 Å². The van der Waals surface area contributed by atoms with E-state index in [4.69, 9.17) is 9.72 Å². The van der Waals surface area contributed by atoms with Gasteiger partial charge in [0.2, 0.25) is 17.8 Å². The van der Waals surface area contributed by atoms with Gasteiger partial charge in [-0.2, -0.15) is 0 Å². The summed E-state index contributed by atoms with van der Waals surface area (Å²) < 4.78 is 8.28. The Morgan fingerprint density at radius 2 is 1.54 bits per heavy atom. The summed E-state index contributed by atoms with van der Waals surface area (Å²) in [6, 6.07) is 21.8. The summed E-state index contributed by atoms with van der Waals surface area (Å²) >= 11 is 0. The zero-order chi connectivity index (χ0) is 39.9. The van der Waals surface area contributed by atoms with Gasteiger partial charge in [0.15, 0.2) is 0 Å². The molecule has 3 atom stereocenters. The van der Waals surface area contributed by atoms with E-state index in [9.17, 15) is 19.2 Å². The normalized spacial score (nSPS) is 23.2. The van der Waals surface area contributed by atoms with Crippen LogP contribution in [-0.2, 0) is 9.59 Å². The molecule has 0 bridgehead atoms. The van der Waals surface area contributed by atoms with Crippen molar-refractivity contribution in [1.82, 2.24) is 29.7 Å². The number of nitrogens with zero attached hydrogens (tertiary/aromatic N) is 7. The molecule has 1 aliphatic carbocycles. The van der Waals surface area contributed by atoms with Crippen LogP contribution in [0.1, 0.15) is 52.4 Å². The van der Waals surface area contributed by atoms with E-state index in [1.807, 2.05) is 18.3 Å². The predicted molar refractivity (Wildman–Crippen MR) is 222 cm³/mol. The molecule has 3 unspecified atom stereocenters. The van der Waals surface area contributed by atoms with Crippen molar-refractivity contribution in [1.29, 1.82) is 0 Å². The van der Waals surface area contributed by atoms with Crippen LogP contribution in [-0.4, -0.2) is 107 Å². The molecule has 5 fully saturated rings. The Labute approximate surface area is 341 Å². The Bertz CT molecular complexity index is 2550. The van der Waals surface area contributed by atoms with Crippen molar-refractivity contribution < 1.29 is 23.9 Å². The maximum atomic E-state index is 13.3. The second kappa shape index (κ2) is 13.9. The number of benzene rings is 3. The number of carbonyl (C=O) groups is 4. The lowest BCUT2D eigenvalue weighted by Gasteiger charge is -2.43. The van der Waals surface area contributed by atoms with E-state index >= 15 is 0 Å². The summed E-state index contributed by atoms with van der Waals surface area (Å²) in [7, 11) is 1.70. The molecule has 6 aliphatic rings. The van der Waals surface area contributed by atoms with Gasteiger partial charge in [0.05, 0.1) is 29.6 Å². The maximum Gasteiger partial charge on any atom is 0.262 e. The van der Waals surface area contributed by atoms with E-state index in [0.717, 1.165) is 84.8 Å². The number of rotatable bonds is 10. The second-order valence-corrected chi connectivity index (χ2v) is 17.1. The highest BCUT2D eigenvalue weighted by Crippen LogP contribution is 2.42. The number of para-hydroxylation sites is 1. The third kappa shape index (κ3) is 6.28. The van der Waals surface area contributed by atoms with Gasteiger partial charge in [-0.1, -0.05) is 18.2 Å². The minimum atomic E-state index is -0.961. The molecule has 0 spiro atoms. The first-order valence-electron chi connectivity index (χ1n) is 20.7. The average Bonchev–Trinajstić information content (AvgIpc) is 3.61. The van der Waals surface area contributed by atoms with Gasteiger partial charge in [0.1, 0.15) is 11.8 Å². The summed E-state index contributed by atoms with van der Waals surface area (Å²) in [6.07, 6.45) is 6.74. The Morgan fingerprint density at radius 1 is 0.797 bits per heavy atom. The van der Waals surface area contributed by atoms with Crippen LogP contribution < -0.4 is 25.2 Å². The highest BCUT2D eigenvalue weighted by Gasteiger charge is 2.46. The van der Waals surface area contributed by atoms with Crippen LogP contribution in [0.5, 0.6) is 5.75 Å². The number of aromatic nitrogens is 3. The van der Waals surface area contributed by atoms with E-state index in [1.165, 1.54) is 23.7 Å². The molecule has 5 aliphatic heterocycles. The third-order valence-electron chi connectivity index (χ3n) is 13.2. The highest BCUT2D eigenvalue weighted by molar-refractivity contribution is 6.23. The van der Waals surface area contributed by atoms with Crippen LogP contribution in [0.25, 0.3) is 22.2 Å². The molecule has 2 N–H and O–H groups in total. The summed E-state index contributed by atoms with van der Waals surface area (Å²) in [6.45, 7) is 6.97. The fourth-order valence-electron chi connectivity index (χ4n) is 10.1. The fourth-order valence-corrected chi connectivity index (χ4v) is 10.1. The van der Waals surface area contributed by atoms with Crippen LogP contribution in [0.3, 0.4) is 0 Å². The molecule has 300 valence electrons. The minimum absolute atomic E-state index is 0.101. The number of nitrogens with one attached hydrogen (secondary N) is 2. The summed E-state index contributed by atoms with van der Waals surface area (Å²) in [5.74, 6) is 1.08. The van der Waals surface area contributed by atoms with Gasteiger partial charge < -0.3 is 29.3 Å². The number of hydrogen-bond acceptors (Lipinski definition) is 11. The zero-order valence-corrected chi connectivity index (χ0v) is 32.8. The molecule has 2 aromatic heterocycles. The highest BCUT2D eigenvalue weighted by atomic mass is 16.5. The lowest BCUT2D eigenvalue weighted by Crippen LogP contribution is -2.54. The first-order chi connectivity index (χ1) is 28.8. The van der Waals surface area contributed by atoms with Crippen molar-refractivity contribution in [2.75, 3.05) is 68.0 Å². The largest absolute Gasteiger partial charge is 0.494 e. The Hall–Kier alpha value is -6.28. The van der Waals surface area contributed by atoms with Crippen LogP contribution in [0.15, 0.2) is 79.1 Å². The van der Waals surface area contributed by atoms with Crippen molar-refractivity contribution in [3.05, 3.63) is 90.3 Å². The average molecular weight is 792 g/mol.